The minimum Gasteiger partial charge on any atom is -0.481 e. The van der Waals surface area contributed by atoms with Gasteiger partial charge in [-0.1, -0.05) is 0 Å². The second-order valence-electron chi connectivity index (χ2n) is 8.59. The predicted octanol–water partition coefficient (Wildman–Crippen LogP) is 2.13. The van der Waals surface area contributed by atoms with Crippen molar-refractivity contribution in [2.45, 2.75) is 38.1 Å². The van der Waals surface area contributed by atoms with Crippen LogP contribution in [0.2, 0.25) is 0 Å². The number of amides is 1. The second kappa shape index (κ2) is 7.40. The Labute approximate surface area is 170 Å². The van der Waals surface area contributed by atoms with Gasteiger partial charge < -0.3 is 18.9 Å². The lowest BCUT2D eigenvalue weighted by atomic mass is 9.71. The van der Waals surface area contributed by atoms with Crippen molar-refractivity contribution in [3.63, 3.8) is 0 Å². The number of carbonyl (C=O) groups excluding carboxylic acids is 1. The van der Waals surface area contributed by atoms with Crippen LogP contribution < -0.4 is 4.74 Å². The fraction of sp³-hybridized carbons (Fsp3) is 0.619. The van der Waals surface area contributed by atoms with Gasteiger partial charge in [-0.25, -0.2) is 4.98 Å². The Morgan fingerprint density at radius 3 is 2.83 bits per heavy atom. The molecule has 8 nitrogen and oxygen atoms in total. The van der Waals surface area contributed by atoms with Gasteiger partial charge in [0.25, 0.3) is 5.91 Å². The number of rotatable bonds is 5. The van der Waals surface area contributed by atoms with E-state index < -0.39 is 0 Å². The third kappa shape index (κ3) is 3.50. The SMILES string of the molecule is COc1ccc(C(=O)N2CC(c3nncn3CC3CC3)C3(CCOCC3)C2)cn1. The number of hydrogen-bond donors (Lipinski definition) is 0. The lowest BCUT2D eigenvalue weighted by Gasteiger charge is -2.37. The van der Waals surface area contributed by atoms with E-state index in [4.69, 9.17) is 9.47 Å². The Kier molecular flexibility index (Phi) is 4.73. The van der Waals surface area contributed by atoms with Crippen molar-refractivity contribution in [3.8, 4) is 5.88 Å². The maximum atomic E-state index is 13.2. The highest BCUT2D eigenvalue weighted by Gasteiger charge is 2.51. The Morgan fingerprint density at radius 2 is 2.14 bits per heavy atom. The molecular formula is C21H27N5O3. The molecule has 3 aliphatic rings. The van der Waals surface area contributed by atoms with Crippen molar-refractivity contribution in [2.75, 3.05) is 33.4 Å². The van der Waals surface area contributed by atoms with Gasteiger partial charge in [-0.15, -0.1) is 10.2 Å². The first-order valence-corrected chi connectivity index (χ1v) is 10.4. The van der Waals surface area contributed by atoms with Gasteiger partial charge in [-0.05, 0) is 37.7 Å². The van der Waals surface area contributed by atoms with Crippen LogP contribution in [-0.4, -0.2) is 64.0 Å². The van der Waals surface area contributed by atoms with E-state index in [0.29, 0.717) is 18.0 Å². The van der Waals surface area contributed by atoms with E-state index in [1.54, 1.807) is 25.4 Å². The first kappa shape index (κ1) is 18.5. The van der Waals surface area contributed by atoms with Crippen LogP contribution in [-0.2, 0) is 11.3 Å². The summed E-state index contributed by atoms with van der Waals surface area (Å²) in [5.41, 5.74) is 0.593. The van der Waals surface area contributed by atoms with Crippen LogP contribution in [0.25, 0.3) is 0 Å². The van der Waals surface area contributed by atoms with E-state index in [1.807, 2.05) is 11.2 Å². The molecule has 2 aromatic heterocycles. The molecular weight excluding hydrogens is 370 g/mol. The zero-order valence-electron chi connectivity index (χ0n) is 16.8. The normalized spacial score (nSPS) is 23.5. The number of nitrogens with zero attached hydrogens (tertiary/aromatic N) is 5. The molecule has 0 N–H and O–H groups in total. The first-order valence-electron chi connectivity index (χ1n) is 10.4. The van der Waals surface area contributed by atoms with Crippen molar-refractivity contribution in [3.05, 3.63) is 36.0 Å². The molecule has 2 saturated heterocycles. The molecule has 8 heteroatoms. The minimum absolute atomic E-state index is 0.00213. The highest BCUT2D eigenvalue weighted by atomic mass is 16.5. The van der Waals surface area contributed by atoms with Gasteiger partial charge in [-0.2, -0.15) is 0 Å². The zero-order chi connectivity index (χ0) is 19.8. The fourth-order valence-corrected chi connectivity index (χ4v) is 4.83. The predicted molar refractivity (Wildman–Crippen MR) is 105 cm³/mol. The van der Waals surface area contributed by atoms with Gasteiger partial charge >= 0.3 is 0 Å². The number of likely N-dealkylation sites (tertiary alicyclic amines) is 1. The fourth-order valence-electron chi connectivity index (χ4n) is 4.83. The summed E-state index contributed by atoms with van der Waals surface area (Å²) in [7, 11) is 1.57. The summed E-state index contributed by atoms with van der Waals surface area (Å²) in [5, 5.41) is 8.75. The van der Waals surface area contributed by atoms with Crippen molar-refractivity contribution in [1.29, 1.82) is 0 Å². The molecule has 2 aliphatic heterocycles. The quantitative estimate of drug-likeness (QED) is 0.769. The summed E-state index contributed by atoms with van der Waals surface area (Å²) < 4.78 is 13.0. The molecule has 4 heterocycles. The Bertz CT molecular complexity index is 871. The maximum absolute atomic E-state index is 13.2. The third-order valence-electron chi connectivity index (χ3n) is 6.73. The van der Waals surface area contributed by atoms with Crippen molar-refractivity contribution >= 4 is 5.91 Å². The van der Waals surface area contributed by atoms with Gasteiger partial charge in [0.2, 0.25) is 5.88 Å². The van der Waals surface area contributed by atoms with E-state index >= 15 is 0 Å². The van der Waals surface area contributed by atoms with Gasteiger partial charge in [0.05, 0.1) is 12.7 Å². The van der Waals surface area contributed by atoms with E-state index in [0.717, 1.165) is 50.9 Å². The van der Waals surface area contributed by atoms with Crippen LogP contribution >= 0.6 is 0 Å². The lowest BCUT2D eigenvalue weighted by Crippen LogP contribution is -2.37. The minimum atomic E-state index is 0.00213. The largest absolute Gasteiger partial charge is 0.481 e. The van der Waals surface area contributed by atoms with Gasteiger partial charge in [0.1, 0.15) is 12.2 Å². The zero-order valence-corrected chi connectivity index (χ0v) is 16.8. The average Bonchev–Trinajstić information content (AvgIpc) is 3.35. The molecule has 29 heavy (non-hydrogen) atoms. The van der Waals surface area contributed by atoms with E-state index in [9.17, 15) is 4.79 Å². The third-order valence-corrected chi connectivity index (χ3v) is 6.73. The Morgan fingerprint density at radius 1 is 1.31 bits per heavy atom. The number of aromatic nitrogens is 4. The summed E-state index contributed by atoms with van der Waals surface area (Å²) in [6.45, 7) is 3.84. The molecule has 1 aliphatic carbocycles. The maximum Gasteiger partial charge on any atom is 0.255 e. The molecule has 2 aromatic rings. The van der Waals surface area contributed by atoms with Gasteiger partial charge in [0, 0.05) is 56.4 Å². The molecule has 1 unspecified atom stereocenters. The van der Waals surface area contributed by atoms with Crippen LogP contribution in [0.4, 0.5) is 0 Å². The van der Waals surface area contributed by atoms with Crippen LogP contribution in [0.15, 0.2) is 24.7 Å². The number of pyridine rings is 1. The molecule has 1 spiro atoms. The molecule has 3 fully saturated rings. The van der Waals surface area contributed by atoms with Crippen LogP contribution in [0.3, 0.4) is 0 Å². The summed E-state index contributed by atoms with van der Waals surface area (Å²) in [5.74, 6) is 2.49. The smallest absolute Gasteiger partial charge is 0.255 e. The Hall–Kier alpha value is -2.48. The monoisotopic (exact) mass is 397 g/mol. The molecule has 1 amide bonds. The van der Waals surface area contributed by atoms with E-state index in [1.165, 1.54) is 12.8 Å². The van der Waals surface area contributed by atoms with Crippen molar-refractivity contribution in [2.24, 2.45) is 11.3 Å². The van der Waals surface area contributed by atoms with E-state index in [2.05, 4.69) is 19.7 Å². The number of ether oxygens (including phenoxy) is 2. The highest BCUT2D eigenvalue weighted by molar-refractivity contribution is 5.94. The van der Waals surface area contributed by atoms with Crippen LogP contribution in [0.5, 0.6) is 5.88 Å². The van der Waals surface area contributed by atoms with Crippen LogP contribution in [0, 0.1) is 11.3 Å². The molecule has 154 valence electrons. The van der Waals surface area contributed by atoms with E-state index in [-0.39, 0.29) is 17.2 Å². The highest BCUT2D eigenvalue weighted by Crippen LogP contribution is 2.49. The second-order valence-corrected chi connectivity index (χ2v) is 8.59. The molecule has 0 radical (unpaired) electrons. The molecule has 0 aromatic carbocycles. The lowest BCUT2D eigenvalue weighted by molar-refractivity contribution is 0.0107. The topological polar surface area (TPSA) is 82.4 Å². The molecule has 1 saturated carbocycles. The van der Waals surface area contributed by atoms with Gasteiger partial charge in [-0.3, -0.25) is 4.79 Å². The van der Waals surface area contributed by atoms with Crippen molar-refractivity contribution in [1.82, 2.24) is 24.6 Å². The molecule has 1 atom stereocenters. The molecule has 0 bridgehead atoms. The number of methoxy groups -OCH3 is 1. The Balaban J connectivity index is 1.42. The summed E-state index contributed by atoms with van der Waals surface area (Å²) in [6, 6.07) is 3.52. The first-order chi connectivity index (χ1) is 14.2. The number of hydrogen-bond acceptors (Lipinski definition) is 6. The molecule has 5 rings (SSSR count). The summed E-state index contributed by atoms with van der Waals surface area (Å²) in [6.07, 6.45) is 7.92. The number of carbonyl (C=O) groups is 1. The average molecular weight is 397 g/mol. The van der Waals surface area contributed by atoms with Crippen LogP contribution in [0.1, 0.15) is 47.8 Å². The summed E-state index contributed by atoms with van der Waals surface area (Å²) >= 11 is 0. The van der Waals surface area contributed by atoms with Gasteiger partial charge in [0.15, 0.2) is 0 Å². The standard InChI is InChI=1S/C21H27N5O3/c1-28-18-5-4-16(10-22-18)20(27)25-12-17(21(13-25)6-8-29-9-7-21)19-24-23-14-26(19)11-15-2-3-15/h4-5,10,14-15,17H,2-3,6-9,11-13H2,1H3. The summed E-state index contributed by atoms with van der Waals surface area (Å²) in [4.78, 5) is 19.4. The van der Waals surface area contributed by atoms with Crippen molar-refractivity contribution < 1.29 is 14.3 Å².